The maximum absolute atomic E-state index is 11.9. The Morgan fingerprint density at radius 3 is 2.48 bits per heavy atom. The molecule has 0 saturated heterocycles. The quantitative estimate of drug-likeness (QED) is 0.658. The van der Waals surface area contributed by atoms with Crippen LogP contribution >= 0.6 is 23.2 Å². The van der Waals surface area contributed by atoms with Crippen LogP contribution < -0.4 is 10.9 Å². The minimum Gasteiger partial charge on any atom is -0.287 e. The molecule has 1 aromatic heterocycles. The van der Waals surface area contributed by atoms with E-state index in [1.54, 1.807) is 36.7 Å². The lowest BCUT2D eigenvalue weighted by atomic mass is 10.1. The molecular weight excluding hydrogens is 334 g/mol. The fraction of sp³-hybridized carbons (Fsp3) is 0.133. The molecule has 1 unspecified atom stereocenters. The maximum atomic E-state index is 11.9. The molecule has 1 heterocycles. The van der Waals surface area contributed by atoms with Gasteiger partial charge in [0.1, 0.15) is 0 Å². The molecule has 8 heteroatoms. The van der Waals surface area contributed by atoms with Crippen molar-refractivity contribution >= 4 is 37.0 Å². The summed E-state index contributed by atoms with van der Waals surface area (Å²) in [5.74, 6) is 1.02. The van der Waals surface area contributed by atoms with Crippen LogP contribution in [0.25, 0.3) is 0 Å². The van der Waals surface area contributed by atoms with Crippen molar-refractivity contribution in [3.63, 3.8) is 0 Å². The fourth-order valence-electron chi connectivity index (χ4n) is 1.68. The average molecular weight is 347 g/mol. The maximum Gasteiger partial charge on any atom is 0.265 e. The van der Waals surface area contributed by atoms with Gasteiger partial charge in [-0.05, 0) is 42.7 Å². The monoisotopic (exact) mass is 346 g/mol. The molecule has 0 saturated carbocycles. The van der Waals surface area contributed by atoms with Crippen LogP contribution in [0.2, 0.25) is 10.0 Å². The van der Waals surface area contributed by atoms with Gasteiger partial charge in [-0.25, -0.2) is 10.7 Å². The zero-order valence-electron chi connectivity index (χ0n) is 12.3. The number of carbonyl (C=O) groups is 1. The van der Waals surface area contributed by atoms with E-state index in [9.17, 15) is 4.79 Å². The van der Waals surface area contributed by atoms with Crippen LogP contribution in [0.15, 0.2) is 42.7 Å². The second kappa shape index (κ2) is 9.85. The summed E-state index contributed by atoms with van der Waals surface area (Å²) in [6, 6.07) is 8.37. The molecule has 1 aromatic carbocycles. The molecule has 0 bridgehead atoms. The number of hydrogen-bond acceptors (Lipinski definition) is 4. The number of nitrogens with zero attached hydrogens (tertiary/aromatic N) is 2. The number of benzene rings is 1. The van der Waals surface area contributed by atoms with Gasteiger partial charge in [0.2, 0.25) is 7.85 Å². The largest absolute Gasteiger partial charge is 0.287 e. The molecule has 116 valence electrons. The Morgan fingerprint density at radius 2 is 1.91 bits per heavy atom. The molecular formula is C15H13BCl2N4O. The molecule has 1 atom stereocenters. The van der Waals surface area contributed by atoms with E-state index in [-0.39, 0.29) is 11.9 Å². The number of aromatic nitrogens is 1. The molecule has 23 heavy (non-hydrogen) atoms. The zero-order valence-corrected chi connectivity index (χ0v) is 13.8. The van der Waals surface area contributed by atoms with E-state index in [1.807, 2.05) is 13.0 Å². The van der Waals surface area contributed by atoms with Crippen molar-refractivity contribution in [3.8, 4) is 5.97 Å². The first-order valence-electron chi connectivity index (χ1n) is 6.50. The average Bonchev–Trinajstić information content (AvgIpc) is 2.54. The van der Waals surface area contributed by atoms with E-state index in [2.05, 4.69) is 23.7 Å². The number of nitriles is 1. The first kappa shape index (κ1) is 19.0. The summed E-state index contributed by atoms with van der Waals surface area (Å²) in [6.07, 6.45) is 3.13. The van der Waals surface area contributed by atoms with Gasteiger partial charge in [0, 0.05) is 34.0 Å². The second-order valence-electron chi connectivity index (χ2n) is 4.35. The SMILES string of the molecule is CC(NNC(=O)c1ccncc1)c1ccc(Cl)cc1Cl.[B]C#N. The van der Waals surface area contributed by atoms with Crippen LogP contribution in [0.3, 0.4) is 0 Å². The molecule has 2 rings (SSSR count). The summed E-state index contributed by atoms with van der Waals surface area (Å²) in [4.78, 5) is 15.7. The van der Waals surface area contributed by atoms with Crippen LogP contribution in [0.5, 0.6) is 0 Å². The highest BCUT2D eigenvalue weighted by atomic mass is 35.5. The van der Waals surface area contributed by atoms with Crippen molar-refractivity contribution in [1.29, 1.82) is 5.26 Å². The number of hydrogen-bond donors (Lipinski definition) is 2. The minimum atomic E-state index is -0.232. The van der Waals surface area contributed by atoms with E-state index < -0.39 is 0 Å². The Balaban J connectivity index is 0.000000816. The van der Waals surface area contributed by atoms with Crippen LogP contribution in [0.1, 0.15) is 28.9 Å². The zero-order chi connectivity index (χ0) is 17.2. The van der Waals surface area contributed by atoms with E-state index in [0.717, 1.165) is 5.56 Å². The van der Waals surface area contributed by atoms with Crippen LogP contribution in [-0.4, -0.2) is 18.7 Å². The van der Waals surface area contributed by atoms with Crippen LogP contribution in [0.4, 0.5) is 0 Å². The van der Waals surface area contributed by atoms with Crippen molar-refractivity contribution < 1.29 is 4.79 Å². The Morgan fingerprint density at radius 1 is 1.30 bits per heavy atom. The summed E-state index contributed by atoms with van der Waals surface area (Å²) in [5, 5.41) is 8.22. The van der Waals surface area contributed by atoms with E-state index in [0.29, 0.717) is 15.6 Å². The van der Waals surface area contributed by atoms with Gasteiger partial charge < -0.3 is 0 Å². The summed E-state index contributed by atoms with van der Waals surface area (Å²) in [7, 11) is 4.15. The lowest BCUT2D eigenvalue weighted by Crippen LogP contribution is -2.39. The number of rotatable bonds is 4. The molecule has 2 N–H and O–H groups in total. The third kappa shape index (κ3) is 6.29. The lowest BCUT2D eigenvalue weighted by Gasteiger charge is -2.16. The van der Waals surface area contributed by atoms with Crippen molar-refractivity contribution in [2.24, 2.45) is 0 Å². The van der Waals surface area contributed by atoms with Gasteiger partial charge in [-0.1, -0.05) is 29.3 Å². The van der Waals surface area contributed by atoms with Crippen LogP contribution in [-0.2, 0) is 0 Å². The Labute approximate surface area is 146 Å². The van der Waals surface area contributed by atoms with E-state index >= 15 is 0 Å². The Hall–Kier alpha value is -2.07. The third-order valence-electron chi connectivity index (χ3n) is 2.77. The number of hydrazine groups is 1. The molecule has 1 amide bonds. The Kier molecular flexibility index (Phi) is 8.13. The van der Waals surface area contributed by atoms with Crippen molar-refractivity contribution in [2.75, 3.05) is 0 Å². The van der Waals surface area contributed by atoms with Crippen molar-refractivity contribution in [3.05, 3.63) is 63.9 Å². The van der Waals surface area contributed by atoms with Gasteiger partial charge in [-0.2, -0.15) is 0 Å². The highest BCUT2D eigenvalue weighted by Gasteiger charge is 2.11. The Bertz CT molecular complexity index is 692. The second-order valence-corrected chi connectivity index (χ2v) is 5.19. The molecule has 2 aromatic rings. The number of amides is 1. The summed E-state index contributed by atoms with van der Waals surface area (Å²) < 4.78 is 0. The number of carbonyl (C=O) groups excluding carboxylic acids is 1. The summed E-state index contributed by atoms with van der Waals surface area (Å²) in [5.41, 5.74) is 6.92. The van der Waals surface area contributed by atoms with Crippen molar-refractivity contribution in [1.82, 2.24) is 15.8 Å². The smallest absolute Gasteiger partial charge is 0.265 e. The topological polar surface area (TPSA) is 77.8 Å². The lowest BCUT2D eigenvalue weighted by molar-refractivity contribution is 0.0926. The highest BCUT2D eigenvalue weighted by Crippen LogP contribution is 2.25. The number of pyridine rings is 1. The minimum absolute atomic E-state index is 0.148. The first-order chi connectivity index (χ1) is 11.0. The fourth-order valence-corrected chi connectivity index (χ4v) is 2.25. The normalized spacial score (nSPS) is 10.7. The standard InChI is InChI=1S/C14H13Cl2N3O.CBN/c1-9(12-3-2-11(15)8-13(12)16)18-19-14(20)10-4-6-17-7-5-10;2-1-3/h2-9,18H,1H3,(H,19,20);. The van der Waals surface area contributed by atoms with Gasteiger partial charge >= 0.3 is 0 Å². The van der Waals surface area contributed by atoms with Crippen LogP contribution in [0, 0.1) is 11.2 Å². The van der Waals surface area contributed by atoms with Gasteiger partial charge in [0.25, 0.3) is 5.91 Å². The predicted molar refractivity (Wildman–Crippen MR) is 91.1 cm³/mol. The predicted octanol–water partition coefficient (Wildman–Crippen LogP) is 3.02. The number of halogens is 2. The molecule has 2 radical (unpaired) electrons. The van der Waals surface area contributed by atoms with Gasteiger partial charge in [0.15, 0.2) is 0 Å². The molecule has 0 aliphatic heterocycles. The third-order valence-corrected chi connectivity index (χ3v) is 3.34. The molecule has 0 aliphatic rings. The molecule has 5 nitrogen and oxygen atoms in total. The van der Waals surface area contributed by atoms with Crippen molar-refractivity contribution in [2.45, 2.75) is 13.0 Å². The van der Waals surface area contributed by atoms with Gasteiger partial charge in [0.05, 0.1) is 0 Å². The first-order valence-corrected chi connectivity index (χ1v) is 7.25. The van der Waals surface area contributed by atoms with E-state index in [1.165, 1.54) is 5.97 Å². The molecule has 0 aliphatic carbocycles. The molecule has 0 fully saturated rings. The molecule has 0 spiro atoms. The summed E-state index contributed by atoms with van der Waals surface area (Å²) in [6.45, 7) is 1.89. The van der Waals surface area contributed by atoms with Gasteiger partial charge in [-0.3, -0.25) is 15.2 Å². The van der Waals surface area contributed by atoms with E-state index in [4.69, 9.17) is 28.5 Å². The van der Waals surface area contributed by atoms with Gasteiger partial charge in [-0.15, -0.1) is 0 Å². The highest BCUT2D eigenvalue weighted by molar-refractivity contribution is 6.35. The number of nitrogens with one attached hydrogen (secondary N) is 2. The summed E-state index contributed by atoms with van der Waals surface area (Å²) >= 11 is 12.0.